The van der Waals surface area contributed by atoms with Crippen molar-refractivity contribution in [2.75, 3.05) is 52.9 Å². The molecule has 5 rings (SSSR count). The minimum Gasteiger partial charge on any atom is -0.493 e. The number of carbonyl (C=O) groups is 2. The lowest BCUT2D eigenvalue weighted by Crippen LogP contribution is -2.53. The van der Waals surface area contributed by atoms with Crippen LogP contribution < -0.4 is 4.74 Å². The highest BCUT2D eigenvalue weighted by molar-refractivity contribution is 6.33. The summed E-state index contributed by atoms with van der Waals surface area (Å²) in [5.74, 6) is 0.425. The molecule has 0 aliphatic carbocycles. The normalized spacial score (nSPS) is 20.0. The number of hydrogen-bond donors (Lipinski definition) is 0. The van der Waals surface area contributed by atoms with E-state index in [0.29, 0.717) is 66.0 Å². The number of piperazine rings is 1. The molecule has 2 aliphatic rings. The predicted octanol–water partition coefficient (Wildman–Crippen LogP) is 4.91. The van der Waals surface area contributed by atoms with Gasteiger partial charge in [0.1, 0.15) is 28.6 Å². The van der Waals surface area contributed by atoms with E-state index in [-0.39, 0.29) is 30.7 Å². The molecule has 1 aromatic heterocycles. The number of likely N-dealkylation sites (tertiary alicyclic amines) is 1. The zero-order valence-electron chi connectivity index (χ0n) is 22.9. The molecule has 2 amide bonds. The monoisotopic (exact) mass is 568 g/mol. The smallest absolute Gasteiger partial charge is 0.259 e. The second-order valence-corrected chi connectivity index (χ2v) is 11.3. The van der Waals surface area contributed by atoms with Gasteiger partial charge in [-0.25, -0.2) is 4.39 Å². The van der Waals surface area contributed by atoms with Crippen molar-refractivity contribution in [1.82, 2.24) is 19.9 Å². The number of aromatic nitrogens is 1. The Morgan fingerprint density at radius 2 is 1.77 bits per heavy atom. The lowest BCUT2D eigenvalue weighted by atomic mass is 9.77. The maximum Gasteiger partial charge on any atom is 0.259 e. The lowest BCUT2D eigenvalue weighted by Gasteiger charge is -2.43. The van der Waals surface area contributed by atoms with Crippen LogP contribution in [-0.4, -0.2) is 84.6 Å². The second-order valence-electron chi connectivity index (χ2n) is 10.9. The van der Waals surface area contributed by atoms with Crippen LogP contribution >= 0.6 is 11.6 Å². The van der Waals surface area contributed by atoms with Gasteiger partial charge in [-0.2, -0.15) is 0 Å². The molecular formula is C30H34ClFN4O4. The van der Waals surface area contributed by atoms with E-state index in [4.69, 9.17) is 20.9 Å². The number of halogens is 2. The molecule has 0 radical (unpaired) electrons. The van der Waals surface area contributed by atoms with Gasteiger partial charge in [-0.1, -0.05) is 35.0 Å². The molecule has 40 heavy (non-hydrogen) atoms. The number of carbonyl (C=O) groups excluding carboxylic acids is 2. The van der Waals surface area contributed by atoms with Crippen molar-refractivity contribution in [2.24, 2.45) is 5.41 Å². The van der Waals surface area contributed by atoms with E-state index in [0.717, 1.165) is 19.5 Å². The van der Waals surface area contributed by atoms with E-state index >= 15 is 0 Å². The van der Waals surface area contributed by atoms with Gasteiger partial charge in [0.05, 0.1) is 11.6 Å². The van der Waals surface area contributed by atoms with Gasteiger partial charge >= 0.3 is 0 Å². The molecule has 1 atom stereocenters. The summed E-state index contributed by atoms with van der Waals surface area (Å²) < 4.78 is 25.1. The first kappa shape index (κ1) is 28.1. The van der Waals surface area contributed by atoms with Crippen LogP contribution in [0.2, 0.25) is 5.02 Å². The molecule has 0 unspecified atom stereocenters. The fraction of sp³-hybridized carbons (Fsp3) is 0.433. The Labute approximate surface area is 238 Å². The van der Waals surface area contributed by atoms with Crippen molar-refractivity contribution in [3.8, 4) is 17.0 Å². The van der Waals surface area contributed by atoms with Crippen molar-refractivity contribution in [2.45, 2.75) is 26.2 Å². The molecule has 2 aliphatic heterocycles. The minimum atomic E-state index is -0.613. The second kappa shape index (κ2) is 12.0. The van der Waals surface area contributed by atoms with Crippen LogP contribution in [0.5, 0.6) is 5.75 Å². The van der Waals surface area contributed by atoms with Gasteiger partial charge in [-0.3, -0.25) is 9.59 Å². The molecule has 2 aromatic carbocycles. The molecule has 2 fully saturated rings. The summed E-state index contributed by atoms with van der Waals surface area (Å²) in [6.45, 7) is 5.81. The fourth-order valence-corrected chi connectivity index (χ4v) is 5.79. The minimum absolute atomic E-state index is 0.0584. The average Bonchev–Trinajstić information content (AvgIpc) is 3.34. The van der Waals surface area contributed by atoms with Crippen LogP contribution in [-0.2, 0) is 4.79 Å². The third-order valence-corrected chi connectivity index (χ3v) is 8.22. The number of nitrogens with zero attached hydrogens (tertiary/aromatic N) is 4. The summed E-state index contributed by atoms with van der Waals surface area (Å²) in [5.41, 5.74) is 0.782. The number of aryl methyl sites for hydroxylation is 1. The summed E-state index contributed by atoms with van der Waals surface area (Å²) in [6, 6.07) is 13.1. The topological polar surface area (TPSA) is 79.1 Å². The number of amides is 2. The van der Waals surface area contributed by atoms with E-state index in [1.54, 1.807) is 30.0 Å². The summed E-state index contributed by atoms with van der Waals surface area (Å²) in [7, 11) is 2.05. The van der Waals surface area contributed by atoms with Crippen LogP contribution in [0.3, 0.4) is 0 Å². The molecule has 8 nitrogen and oxygen atoms in total. The van der Waals surface area contributed by atoms with Gasteiger partial charge in [0.25, 0.3) is 5.91 Å². The van der Waals surface area contributed by atoms with Crippen LogP contribution in [0.4, 0.5) is 4.39 Å². The van der Waals surface area contributed by atoms with Gasteiger partial charge in [0.2, 0.25) is 5.91 Å². The van der Waals surface area contributed by atoms with Crippen molar-refractivity contribution in [3.05, 3.63) is 70.7 Å². The maximum absolute atomic E-state index is 14.0. The molecule has 0 saturated carbocycles. The van der Waals surface area contributed by atoms with Gasteiger partial charge in [-0.05, 0) is 57.1 Å². The number of likely N-dealkylation sites (N-methyl/N-ethyl adjacent to an activating group) is 1. The molecular weight excluding hydrogens is 535 g/mol. The van der Waals surface area contributed by atoms with Gasteiger partial charge in [0.15, 0.2) is 0 Å². The number of hydrogen-bond acceptors (Lipinski definition) is 6. The lowest BCUT2D eigenvalue weighted by molar-refractivity contribution is -0.137. The third-order valence-electron chi connectivity index (χ3n) is 7.90. The van der Waals surface area contributed by atoms with E-state index < -0.39 is 5.41 Å². The Morgan fingerprint density at radius 3 is 2.50 bits per heavy atom. The predicted molar refractivity (Wildman–Crippen MR) is 150 cm³/mol. The molecule has 212 valence electrons. The molecule has 3 heterocycles. The zero-order valence-corrected chi connectivity index (χ0v) is 23.6. The highest BCUT2D eigenvalue weighted by atomic mass is 35.5. The van der Waals surface area contributed by atoms with Crippen molar-refractivity contribution in [3.63, 3.8) is 0 Å². The van der Waals surface area contributed by atoms with Crippen LogP contribution in [0.15, 0.2) is 53.1 Å². The molecule has 0 bridgehead atoms. The fourth-order valence-electron chi connectivity index (χ4n) is 5.57. The summed E-state index contributed by atoms with van der Waals surface area (Å²) >= 11 is 6.43. The highest BCUT2D eigenvalue weighted by Gasteiger charge is 2.42. The largest absolute Gasteiger partial charge is 0.493 e. The van der Waals surface area contributed by atoms with Gasteiger partial charge in [0, 0.05) is 56.7 Å². The Kier molecular flexibility index (Phi) is 8.42. The first-order valence-corrected chi connectivity index (χ1v) is 14.0. The number of piperidine rings is 1. The Hall–Kier alpha value is -3.43. The summed E-state index contributed by atoms with van der Waals surface area (Å²) in [6.07, 6.45) is 1.68. The number of rotatable bonds is 7. The SMILES string of the molecule is Cc1onc(-c2ccccc2Cl)c1C(=O)N1CCC[C@@](COc2ccc(F)cc2)(CC(=O)N2CCN(C)CC2)C1. The zero-order chi connectivity index (χ0) is 28.3. The molecule has 0 N–H and O–H groups in total. The molecule has 10 heteroatoms. The van der Waals surface area contributed by atoms with Crippen molar-refractivity contribution < 1.29 is 23.2 Å². The van der Waals surface area contributed by atoms with Gasteiger partial charge in [-0.15, -0.1) is 0 Å². The van der Waals surface area contributed by atoms with Crippen LogP contribution in [0, 0.1) is 18.2 Å². The van der Waals surface area contributed by atoms with Crippen molar-refractivity contribution >= 4 is 23.4 Å². The Balaban J connectivity index is 1.40. The third kappa shape index (κ3) is 6.15. The summed E-state index contributed by atoms with van der Waals surface area (Å²) in [4.78, 5) is 33.4. The first-order chi connectivity index (χ1) is 19.2. The van der Waals surface area contributed by atoms with Gasteiger partial charge < -0.3 is 24.0 Å². The maximum atomic E-state index is 14.0. The highest BCUT2D eigenvalue weighted by Crippen LogP contribution is 2.38. The average molecular weight is 569 g/mol. The molecule has 2 saturated heterocycles. The number of benzene rings is 2. The standard InChI is InChI=1S/C30H34ClFN4O4/c1-21-27(28(33-40-21)24-6-3-4-7-25(24)31)29(38)36-13-5-12-30(19-36,20-39-23-10-8-22(32)9-11-23)18-26(37)35-16-14-34(2)15-17-35/h3-4,6-11H,5,12-20H2,1-2H3/t30-/m1/s1. The van der Waals surface area contributed by atoms with E-state index in [1.165, 1.54) is 12.1 Å². The molecule has 0 spiro atoms. The first-order valence-electron chi connectivity index (χ1n) is 13.6. The quantitative estimate of drug-likeness (QED) is 0.403. The summed E-state index contributed by atoms with van der Waals surface area (Å²) in [5, 5.41) is 4.65. The van der Waals surface area contributed by atoms with Crippen LogP contribution in [0.1, 0.15) is 35.4 Å². The van der Waals surface area contributed by atoms with E-state index in [2.05, 4.69) is 10.1 Å². The Bertz CT molecular complexity index is 1360. The Morgan fingerprint density at radius 1 is 1.05 bits per heavy atom. The van der Waals surface area contributed by atoms with Crippen molar-refractivity contribution in [1.29, 1.82) is 0 Å². The van der Waals surface area contributed by atoms with E-state index in [9.17, 15) is 14.0 Å². The van der Waals surface area contributed by atoms with Crippen LogP contribution in [0.25, 0.3) is 11.3 Å². The van der Waals surface area contributed by atoms with E-state index in [1.807, 2.05) is 30.1 Å². The molecule has 3 aromatic rings. The number of ether oxygens (including phenoxy) is 1.